The van der Waals surface area contributed by atoms with E-state index in [1.807, 2.05) is 16.2 Å². The first-order chi connectivity index (χ1) is 11.8. The summed E-state index contributed by atoms with van der Waals surface area (Å²) in [6, 6.07) is 0.367. The summed E-state index contributed by atoms with van der Waals surface area (Å²) in [5.74, 6) is 0. The van der Waals surface area contributed by atoms with Crippen LogP contribution >= 0.6 is 11.3 Å². The van der Waals surface area contributed by atoms with Gasteiger partial charge in [0, 0.05) is 30.3 Å². The number of rotatable bonds is 2. The van der Waals surface area contributed by atoms with Crippen molar-refractivity contribution in [2.75, 3.05) is 11.4 Å². The molecule has 4 heterocycles. The minimum absolute atomic E-state index is 0.0493. The molecule has 0 N–H and O–H groups in total. The van der Waals surface area contributed by atoms with Gasteiger partial charge >= 0.3 is 0 Å². The minimum atomic E-state index is 0.0493. The van der Waals surface area contributed by atoms with Crippen molar-refractivity contribution in [2.45, 2.75) is 58.9 Å². The summed E-state index contributed by atoms with van der Waals surface area (Å²) in [5, 5.41) is 10.5. The number of aromatic nitrogens is 5. The van der Waals surface area contributed by atoms with E-state index in [0.29, 0.717) is 6.04 Å². The molecule has 3 aromatic rings. The highest BCUT2D eigenvalue weighted by Gasteiger charge is 2.33. The first-order valence-corrected chi connectivity index (χ1v) is 9.71. The van der Waals surface area contributed by atoms with Crippen LogP contribution in [0, 0.1) is 13.8 Å². The summed E-state index contributed by atoms with van der Waals surface area (Å²) < 4.78 is 3.93. The zero-order valence-electron chi connectivity index (χ0n) is 15.9. The fourth-order valence-electron chi connectivity index (χ4n) is 3.74. The van der Waals surface area contributed by atoms with E-state index in [-0.39, 0.29) is 5.41 Å². The van der Waals surface area contributed by atoms with E-state index >= 15 is 0 Å². The van der Waals surface area contributed by atoms with Crippen LogP contribution in [0.3, 0.4) is 0 Å². The van der Waals surface area contributed by atoms with Gasteiger partial charge in [0.25, 0.3) is 0 Å². The Hall–Kier alpha value is -1.89. The Bertz CT molecular complexity index is 894. The van der Waals surface area contributed by atoms with Gasteiger partial charge in [-0.05, 0) is 26.7 Å². The maximum absolute atomic E-state index is 4.84. The number of anilines is 1. The monoisotopic (exact) mass is 358 g/mol. The van der Waals surface area contributed by atoms with Crippen molar-refractivity contribution in [1.82, 2.24) is 24.4 Å². The molecule has 0 amide bonds. The summed E-state index contributed by atoms with van der Waals surface area (Å²) >= 11 is 1.69. The number of aryl methyl sites for hydroxylation is 2. The summed E-state index contributed by atoms with van der Waals surface area (Å²) in [6.45, 7) is 11.9. The highest BCUT2D eigenvalue weighted by molar-refractivity contribution is 7.20. The molecule has 1 atom stereocenters. The second-order valence-electron chi connectivity index (χ2n) is 8.05. The van der Waals surface area contributed by atoms with Gasteiger partial charge in [-0.1, -0.05) is 32.1 Å². The number of hydrogen-bond donors (Lipinski definition) is 0. The van der Waals surface area contributed by atoms with Crippen LogP contribution in [0.5, 0.6) is 0 Å². The highest BCUT2D eigenvalue weighted by atomic mass is 32.1. The molecule has 1 saturated heterocycles. The molecule has 1 aliphatic heterocycles. The van der Waals surface area contributed by atoms with Crippen molar-refractivity contribution in [3.63, 3.8) is 0 Å². The van der Waals surface area contributed by atoms with Gasteiger partial charge in [-0.15, -0.1) is 5.10 Å². The smallest absolute Gasteiger partial charge is 0.214 e. The van der Waals surface area contributed by atoms with Gasteiger partial charge in [-0.2, -0.15) is 5.10 Å². The number of nitrogens with zero attached hydrogens (tertiary/aromatic N) is 6. The SMILES string of the molecule is Cc1nn(C)c(C)c1C1CCCN1c1nn2cc(C(C)(C)C)nc2s1. The molecule has 4 rings (SSSR count). The van der Waals surface area contributed by atoms with Crippen molar-refractivity contribution < 1.29 is 0 Å². The fourth-order valence-corrected chi connectivity index (χ4v) is 4.69. The first kappa shape index (κ1) is 16.6. The van der Waals surface area contributed by atoms with Crippen LogP contribution in [0.15, 0.2) is 6.20 Å². The van der Waals surface area contributed by atoms with Crippen molar-refractivity contribution >= 4 is 21.4 Å². The van der Waals surface area contributed by atoms with E-state index in [1.54, 1.807) is 11.3 Å². The molecule has 0 spiro atoms. The van der Waals surface area contributed by atoms with Gasteiger partial charge in [-0.3, -0.25) is 4.68 Å². The topological polar surface area (TPSA) is 51.2 Å². The van der Waals surface area contributed by atoms with Crippen LogP contribution in [0.25, 0.3) is 4.96 Å². The average Bonchev–Trinajstić information content (AvgIpc) is 3.21. The van der Waals surface area contributed by atoms with E-state index < -0.39 is 0 Å². The molecule has 1 unspecified atom stereocenters. The Labute approximate surface area is 152 Å². The molecular weight excluding hydrogens is 332 g/mol. The molecular formula is C18H26N6S. The molecule has 25 heavy (non-hydrogen) atoms. The lowest BCUT2D eigenvalue weighted by molar-refractivity contribution is 0.572. The third-order valence-corrected chi connectivity index (χ3v) is 6.16. The van der Waals surface area contributed by atoms with Crippen LogP contribution < -0.4 is 4.90 Å². The largest absolute Gasteiger partial charge is 0.339 e. The van der Waals surface area contributed by atoms with Gasteiger partial charge < -0.3 is 4.90 Å². The second-order valence-corrected chi connectivity index (χ2v) is 8.98. The third kappa shape index (κ3) is 2.65. The first-order valence-electron chi connectivity index (χ1n) is 8.89. The summed E-state index contributed by atoms with van der Waals surface area (Å²) in [5.41, 5.74) is 4.89. The molecule has 1 aliphatic rings. The van der Waals surface area contributed by atoms with Crippen LogP contribution in [-0.2, 0) is 12.5 Å². The van der Waals surface area contributed by atoms with E-state index in [1.165, 1.54) is 17.7 Å². The molecule has 3 aromatic heterocycles. The molecule has 0 bridgehead atoms. The van der Waals surface area contributed by atoms with Crippen LogP contribution in [0.2, 0.25) is 0 Å². The van der Waals surface area contributed by atoms with Gasteiger partial charge in [0.1, 0.15) is 0 Å². The van der Waals surface area contributed by atoms with Gasteiger partial charge in [0.2, 0.25) is 10.1 Å². The standard InChI is InChI=1S/C18H26N6S/c1-11-15(12(2)22(6)20-11)13-8-7-9-23(13)17-21-24-10-14(18(3,4)5)19-16(24)25-17/h10,13H,7-9H2,1-6H3. The Balaban J connectivity index is 1.71. The molecule has 7 heteroatoms. The predicted octanol–water partition coefficient (Wildman–Crippen LogP) is 3.78. The Morgan fingerprint density at radius 1 is 1.20 bits per heavy atom. The van der Waals surface area contributed by atoms with Crippen LogP contribution in [0.1, 0.15) is 62.3 Å². The predicted molar refractivity (Wildman–Crippen MR) is 102 cm³/mol. The second kappa shape index (κ2) is 5.56. The van der Waals surface area contributed by atoms with Crippen molar-refractivity contribution in [1.29, 1.82) is 0 Å². The summed E-state index contributed by atoms with van der Waals surface area (Å²) in [6.07, 6.45) is 4.41. The van der Waals surface area contributed by atoms with Gasteiger partial charge in [0.05, 0.1) is 23.6 Å². The number of imidazole rings is 1. The number of hydrogen-bond acceptors (Lipinski definition) is 5. The van der Waals surface area contributed by atoms with Crippen molar-refractivity contribution in [3.05, 3.63) is 28.8 Å². The molecule has 0 radical (unpaired) electrons. The molecule has 0 aromatic carbocycles. The van der Waals surface area contributed by atoms with Crippen molar-refractivity contribution in [3.8, 4) is 0 Å². The lowest BCUT2D eigenvalue weighted by Gasteiger charge is -2.24. The normalized spacial score (nSPS) is 18.6. The Kier molecular flexibility index (Phi) is 3.68. The quantitative estimate of drug-likeness (QED) is 0.699. The van der Waals surface area contributed by atoms with E-state index in [2.05, 4.69) is 50.8 Å². The average molecular weight is 359 g/mol. The summed E-state index contributed by atoms with van der Waals surface area (Å²) in [4.78, 5) is 8.20. The lowest BCUT2D eigenvalue weighted by Crippen LogP contribution is -2.23. The third-order valence-electron chi connectivity index (χ3n) is 5.20. The van der Waals surface area contributed by atoms with Gasteiger partial charge in [-0.25, -0.2) is 9.50 Å². The van der Waals surface area contributed by atoms with Crippen LogP contribution in [0.4, 0.5) is 5.13 Å². The van der Waals surface area contributed by atoms with Gasteiger partial charge in [0.15, 0.2) is 0 Å². The maximum atomic E-state index is 4.84. The highest BCUT2D eigenvalue weighted by Crippen LogP contribution is 2.40. The Morgan fingerprint density at radius 2 is 1.96 bits per heavy atom. The fraction of sp³-hybridized carbons (Fsp3) is 0.611. The Morgan fingerprint density at radius 3 is 2.56 bits per heavy atom. The lowest BCUT2D eigenvalue weighted by atomic mass is 9.93. The van der Waals surface area contributed by atoms with E-state index in [4.69, 9.17) is 10.1 Å². The molecule has 134 valence electrons. The zero-order chi connectivity index (χ0) is 17.9. The minimum Gasteiger partial charge on any atom is -0.339 e. The molecule has 6 nitrogen and oxygen atoms in total. The molecule has 0 aliphatic carbocycles. The molecule has 1 fully saturated rings. The van der Waals surface area contributed by atoms with E-state index in [9.17, 15) is 0 Å². The van der Waals surface area contributed by atoms with Crippen LogP contribution in [-0.4, -0.2) is 30.9 Å². The molecule has 0 saturated carbocycles. The zero-order valence-corrected chi connectivity index (χ0v) is 16.7. The van der Waals surface area contributed by atoms with E-state index in [0.717, 1.165) is 34.4 Å². The van der Waals surface area contributed by atoms with Crippen molar-refractivity contribution in [2.24, 2.45) is 7.05 Å². The summed E-state index contributed by atoms with van der Waals surface area (Å²) in [7, 11) is 2.02. The number of fused-ring (bicyclic) bond motifs is 1. The maximum Gasteiger partial charge on any atom is 0.214 e.